The molecule has 0 aliphatic heterocycles. The molecule has 0 aliphatic rings. The Labute approximate surface area is 99.6 Å². The maximum absolute atomic E-state index is 11.3. The number of nitrogens with one attached hydrogen (secondary N) is 1. The highest BCUT2D eigenvalue weighted by atomic mass is 79.9. The monoisotopic (exact) mass is 288 g/mol. The number of nitro benzene ring substituents is 1. The first kappa shape index (κ1) is 12.4. The minimum Gasteiger partial charge on any atom is -0.508 e. The number of nitro groups is 1. The predicted molar refractivity (Wildman–Crippen MR) is 61.8 cm³/mol. The van der Waals surface area contributed by atoms with Gasteiger partial charge in [0, 0.05) is 0 Å². The number of benzene rings is 1. The van der Waals surface area contributed by atoms with Crippen LogP contribution in [0.1, 0.15) is 6.92 Å². The van der Waals surface area contributed by atoms with E-state index >= 15 is 0 Å². The summed E-state index contributed by atoms with van der Waals surface area (Å²) in [7, 11) is 0. The van der Waals surface area contributed by atoms with Crippen molar-refractivity contribution >= 4 is 33.2 Å². The van der Waals surface area contributed by atoms with Crippen molar-refractivity contribution in [2.24, 2.45) is 0 Å². The Morgan fingerprint density at radius 3 is 2.75 bits per heavy atom. The number of nitrogens with zero attached hydrogens (tertiary/aromatic N) is 1. The molecule has 7 heteroatoms. The second-order valence-electron chi connectivity index (χ2n) is 3.06. The van der Waals surface area contributed by atoms with Gasteiger partial charge in [0.15, 0.2) is 0 Å². The van der Waals surface area contributed by atoms with Gasteiger partial charge in [-0.15, -0.1) is 0 Å². The number of phenolic OH excluding ortho intramolecular Hbond substituents is 1. The van der Waals surface area contributed by atoms with E-state index in [0.717, 1.165) is 6.07 Å². The van der Waals surface area contributed by atoms with Crippen LogP contribution in [0.15, 0.2) is 18.2 Å². The molecule has 1 rings (SSSR count). The number of halogens is 1. The van der Waals surface area contributed by atoms with Crippen molar-refractivity contribution in [2.75, 3.05) is 5.32 Å². The van der Waals surface area contributed by atoms with Gasteiger partial charge in [0.25, 0.3) is 5.69 Å². The molecular weight excluding hydrogens is 280 g/mol. The maximum atomic E-state index is 11.3. The van der Waals surface area contributed by atoms with Crippen LogP contribution in [-0.2, 0) is 4.79 Å². The summed E-state index contributed by atoms with van der Waals surface area (Å²) < 4.78 is 0. The Balaban J connectivity index is 3.04. The fraction of sp³-hybridized carbons (Fsp3) is 0.222. The Bertz CT molecular complexity index is 434. The number of phenols is 1. The number of amides is 1. The van der Waals surface area contributed by atoms with E-state index in [4.69, 9.17) is 5.11 Å². The molecule has 0 saturated carbocycles. The molecule has 6 nitrogen and oxygen atoms in total. The third kappa shape index (κ3) is 2.93. The fourth-order valence-corrected chi connectivity index (χ4v) is 1.12. The summed E-state index contributed by atoms with van der Waals surface area (Å²) in [4.78, 5) is 20.9. The number of alkyl halides is 1. The first-order valence-corrected chi connectivity index (χ1v) is 5.25. The molecule has 0 radical (unpaired) electrons. The molecule has 0 spiro atoms. The highest BCUT2D eigenvalue weighted by Gasteiger charge is 2.18. The van der Waals surface area contributed by atoms with Gasteiger partial charge in [0.1, 0.15) is 11.4 Å². The number of aromatic hydroxyl groups is 1. The SMILES string of the molecule is CC(Br)C(=O)Nc1ccc(O)cc1[N+](=O)[O-]. The molecule has 1 aromatic carbocycles. The summed E-state index contributed by atoms with van der Waals surface area (Å²) in [5.41, 5.74) is -0.291. The van der Waals surface area contributed by atoms with Gasteiger partial charge in [0.2, 0.25) is 5.91 Å². The molecule has 0 saturated heterocycles. The zero-order valence-electron chi connectivity index (χ0n) is 8.31. The van der Waals surface area contributed by atoms with Crippen molar-refractivity contribution in [1.29, 1.82) is 0 Å². The number of anilines is 1. The molecule has 0 aliphatic carbocycles. The van der Waals surface area contributed by atoms with Crippen LogP contribution in [0, 0.1) is 10.1 Å². The van der Waals surface area contributed by atoms with Crippen molar-refractivity contribution in [3.63, 3.8) is 0 Å². The lowest BCUT2D eigenvalue weighted by Gasteiger charge is -2.07. The molecule has 1 aromatic rings. The van der Waals surface area contributed by atoms with Crippen LogP contribution in [0.4, 0.5) is 11.4 Å². The zero-order valence-corrected chi connectivity index (χ0v) is 9.89. The Hall–Kier alpha value is -1.63. The zero-order chi connectivity index (χ0) is 12.3. The van der Waals surface area contributed by atoms with E-state index in [1.54, 1.807) is 6.92 Å². The van der Waals surface area contributed by atoms with Gasteiger partial charge >= 0.3 is 0 Å². The number of carbonyl (C=O) groups is 1. The summed E-state index contributed by atoms with van der Waals surface area (Å²) in [6.07, 6.45) is 0. The summed E-state index contributed by atoms with van der Waals surface area (Å²) in [6, 6.07) is 3.52. The highest BCUT2D eigenvalue weighted by Crippen LogP contribution is 2.28. The van der Waals surface area contributed by atoms with Crippen LogP contribution in [0.2, 0.25) is 0 Å². The third-order valence-corrected chi connectivity index (χ3v) is 2.21. The number of carbonyl (C=O) groups excluding carboxylic acids is 1. The molecule has 0 bridgehead atoms. The Morgan fingerprint density at radius 2 is 2.25 bits per heavy atom. The van der Waals surface area contributed by atoms with E-state index in [0.29, 0.717) is 0 Å². The van der Waals surface area contributed by atoms with Gasteiger partial charge in [-0.2, -0.15) is 0 Å². The lowest BCUT2D eigenvalue weighted by atomic mass is 10.2. The second-order valence-corrected chi connectivity index (χ2v) is 4.44. The van der Waals surface area contributed by atoms with Crippen molar-refractivity contribution in [3.8, 4) is 5.75 Å². The van der Waals surface area contributed by atoms with Crippen molar-refractivity contribution < 1.29 is 14.8 Å². The molecule has 16 heavy (non-hydrogen) atoms. The van der Waals surface area contributed by atoms with Crippen molar-refractivity contribution in [2.45, 2.75) is 11.8 Å². The summed E-state index contributed by atoms with van der Waals surface area (Å²) >= 11 is 3.04. The van der Waals surface area contributed by atoms with Crippen LogP contribution >= 0.6 is 15.9 Å². The van der Waals surface area contributed by atoms with Gasteiger partial charge in [-0.25, -0.2) is 0 Å². The minimum absolute atomic E-state index is 0.0547. The molecule has 0 heterocycles. The van der Waals surface area contributed by atoms with E-state index in [9.17, 15) is 14.9 Å². The molecule has 1 unspecified atom stereocenters. The lowest BCUT2D eigenvalue weighted by Crippen LogP contribution is -2.20. The topological polar surface area (TPSA) is 92.5 Å². The van der Waals surface area contributed by atoms with Crippen LogP contribution in [-0.4, -0.2) is 20.8 Å². The van der Waals surface area contributed by atoms with Crippen LogP contribution in [0.25, 0.3) is 0 Å². The van der Waals surface area contributed by atoms with E-state index < -0.39 is 15.7 Å². The van der Waals surface area contributed by atoms with Gasteiger partial charge in [-0.05, 0) is 19.1 Å². The van der Waals surface area contributed by atoms with E-state index in [-0.39, 0.29) is 17.1 Å². The predicted octanol–water partition coefficient (Wildman–Crippen LogP) is 2.02. The van der Waals surface area contributed by atoms with Crippen LogP contribution < -0.4 is 5.32 Å². The quantitative estimate of drug-likeness (QED) is 0.385. The number of rotatable bonds is 3. The Kier molecular flexibility index (Phi) is 3.83. The van der Waals surface area contributed by atoms with E-state index in [2.05, 4.69) is 21.2 Å². The molecule has 86 valence electrons. The van der Waals surface area contributed by atoms with Gasteiger partial charge in [-0.3, -0.25) is 14.9 Å². The first-order chi connectivity index (χ1) is 7.41. The standard InChI is InChI=1S/C9H9BrN2O4/c1-5(10)9(14)11-7-3-2-6(13)4-8(7)12(15)16/h2-5,13H,1H3,(H,11,14). The average Bonchev–Trinajstić information content (AvgIpc) is 2.20. The fourth-order valence-electron chi connectivity index (χ4n) is 1.01. The lowest BCUT2D eigenvalue weighted by molar-refractivity contribution is -0.384. The molecule has 0 fully saturated rings. The summed E-state index contributed by atoms with van der Waals surface area (Å²) in [5, 5.41) is 22.1. The first-order valence-electron chi connectivity index (χ1n) is 4.34. The van der Waals surface area contributed by atoms with E-state index in [1.807, 2.05) is 0 Å². The van der Waals surface area contributed by atoms with E-state index in [1.165, 1.54) is 12.1 Å². The van der Waals surface area contributed by atoms with Gasteiger partial charge < -0.3 is 10.4 Å². The second kappa shape index (κ2) is 4.93. The molecule has 2 N–H and O–H groups in total. The minimum atomic E-state index is -0.672. The van der Waals surface area contributed by atoms with Crippen LogP contribution in [0.3, 0.4) is 0 Å². The molecule has 1 atom stereocenters. The molecular formula is C9H9BrN2O4. The number of hydrogen-bond acceptors (Lipinski definition) is 4. The van der Waals surface area contributed by atoms with Crippen molar-refractivity contribution in [1.82, 2.24) is 0 Å². The molecule has 0 aromatic heterocycles. The third-order valence-electron chi connectivity index (χ3n) is 1.80. The smallest absolute Gasteiger partial charge is 0.296 e. The molecule has 1 amide bonds. The number of hydrogen-bond donors (Lipinski definition) is 2. The largest absolute Gasteiger partial charge is 0.508 e. The average molecular weight is 289 g/mol. The van der Waals surface area contributed by atoms with Crippen LogP contribution in [0.5, 0.6) is 5.75 Å². The highest BCUT2D eigenvalue weighted by molar-refractivity contribution is 9.10. The van der Waals surface area contributed by atoms with Gasteiger partial charge in [-0.1, -0.05) is 15.9 Å². The van der Waals surface area contributed by atoms with Gasteiger partial charge in [0.05, 0.1) is 15.8 Å². The Morgan fingerprint density at radius 1 is 1.62 bits per heavy atom. The normalized spacial score (nSPS) is 11.9. The summed E-state index contributed by atoms with van der Waals surface area (Å²) in [6.45, 7) is 1.60. The van der Waals surface area contributed by atoms with Crippen molar-refractivity contribution in [3.05, 3.63) is 28.3 Å². The maximum Gasteiger partial charge on any atom is 0.296 e. The summed E-state index contributed by atoms with van der Waals surface area (Å²) in [5.74, 6) is -0.620.